The van der Waals surface area contributed by atoms with E-state index >= 15 is 0 Å². The Balaban J connectivity index is 2.32. The highest BCUT2D eigenvalue weighted by atomic mass is 16.6. The van der Waals surface area contributed by atoms with Crippen LogP contribution >= 0.6 is 0 Å². The molecule has 0 radical (unpaired) electrons. The van der Waals surface area contributed by atoms with E-state index in [1.807, 2.05) is 19.1 Å². The maximum absolute atomic E-state index is 11.7. The van der Waals surface area contributed by atoms with Crippen molar-refractivity contribution >= 4 is 5.97 Å². The molecule has 3 heteroatoms. The van der Waals surface area contributed by atoms with E-state index in [9.17, 15) is 4.79 Å². The van der Waals surface area contributed by atoms with Crippen molar-refractivity contribution in [1.29, 1.82) is 0 Å². The fraction of sp³-hybridized carbons (Fsp3) is 0.417. The van der Waals surface area contributed by atoms with Gasteiger partial charge in [0, 0.05) is 5.56 Å². The standard InChI is InChI=1S/C12H12O3/c1-7-12(2)6-14-9-5-3-4-8(10(9)12)11(13)15-7/h3-5,7H,6H2,1-2H3/t7-,12-/m0/s1. The molecule has 0 saturated heterocycles. The molecule has 0 amide bonds. The summed E-state index contributed by atoms with van der Waals surface area (Å²) in [6.07, 6.45) is -0.124. The van der Waals surface area contributed by atoms with E-state index in [1.165, 1.54) is 0 Å². The van der Waals surface area contributed by atoms with Crippen molar-refractivity contribution in [1.82, 2.24) is 0 Å². The summed E-state index contributed by atoms with van der Waals surface area (Å²) in [5, 5.41) is 0. The minimum atomic E-state index is -0.234. The molecule has 0 fully saturated rings. The molecule has 1 aromatic carbocycles. The normalized spacial score (nSPS) is 31.9. The summed E-state index contributed by atoms with van der Waals surface area (Å²) >= 11 is 0. The average molecular weight is 204 g/mol. The first-order valence-electron chi connectivity index (χ1n) is 5.10. The summed E-state index contributed by atoms with van der Waals surface area (Å²) in [6, 6.07) is 5.55. The first-order valence-corrected chi connectivity index (χ1v) is 5.10. The van der Waals surface area contributed by atoms with Crippen LogP contribution in [0.4, 0.5) is 0 Å². The third-order valence-corrected chi connectivity index (χ3v) is 3.53. The highest BCUT2D eigenvalue weighted by molar-refractivity contribution is 5.94. The van der Waals surface area contributed by atoms with Gasteiger partial charge in [0.2, 0.25) is 0 Å². The fourth-order valence-corrected chi connectivity index (χ4v) is 2.39. The second-order valence-corrected chi connectivity index (χ2v) is 4.43. The number of rotatable bonds is 0. The average Bonchev–Trinajstić information content (AvgIpc) is 2.57. The van der Waals surface area contributed by atoms with Crippen LogP contribution in [0.3, 0.4) is 0 Å². The van der Waals surface area contributed by atoms with Gasteiger partial charge in [-0.15, -0.1) is 0 Å². The molecular formula is C12H12O3. The summed E-state index contributed by atoms with van der Waals surface area (Å²) < 4.78 is 10.9. The smallest absolute Gasteiger partial charge is 0.338 e. The molecule has 0 unspecified atom stereocenters. The number of carbonyl (C=O) groups is 1. The maximum atomic E-state index is 11.7. The van der Waals surface area contributed by atoms with Gasteiger partial charge in [0.25, 0.3) is 0 Å². The first kappa shape index (κ1) is 8.77. The molecule has 0 spiro atoms. The van der Waals surface area contributed by atoms with E-state index in [2.05, 4.69) is 6.92 Å². The van der Waals surface area contributed by atoms with Crippen LogP contribution < -0.4 is 4.74 Å². The predicted octanol–water partition coefficient (Wildman–Crippen LogP) is 1.90. The third-order valence-electron chi connectivity index (χ3n) is 3.53. The number of hydrogen-bond acceptors (Lipinski definition) is 3. The van der Waals surface area contributed by atoms with Crippen LogP contribution in [0.15, 0.2) is 18.2 Å². The molecule has 0 aromatic heterocycles. The van der Waals surface area contributed by atoms with E-state index in [1.54, 1.807) is 6.07 Å². The van der Waals surface area contributed by atoms with E-state index in [0.29, 0.717) is 12.2 Å². The van der Waals surface area contributed by atoms with Crippen molar-refractivity contribution in [2.24, 2.45) is 0 Å². The Kier molecular flexibility index (Phi) is 1.48. The van der Waals surface area contributed by atoms with Gasteiger partial charge in [-0.1, -0.05) is 6.07 Å². The van der Waals surface area contributed by atoms with Gasteiger partial charge in [0.1, 0.15) is 18.5 Å². The lowest BCUT2D eigenvalue weighted by Gasteiger charge is -2.34. The quantitative estimate of drug-likeness (QED) is 0.605. The maximum Gasteiger partial charge on any atom is 0.338 e. The molecule has 3 nitrogen and oxygen atoms in total. The molecule has 0 bridgehead atoms. The summed E-state index contributed by atoms with van der Waals surface area (Å²) in [5.74, 6) is 0.598. The Bertz CT molecular complexity index is 452. The monoisotopic (exact) mass is 204 g/mol. The Morgan fingerprint density at radius 1 is 1.47 bits per heavy atom. The zero-order chi connectivity index (χ0) is 10.6. The highest BCUT2D eigenvalue weighted by Crippen LogP contribution is 2.46. The molecule has 2 atom stereocenters. The Labute approximate surface area is 88.0 Å². The molecule has 2 aliphatic rings. The van der Waals surface area contributed by atoms with Gasteiger partial charge in [-0.05, 0) is 26.0 Å². The van der Waals surface area contributed by atoms with Crippen LogP contribution in [0.1, 0.15) is 29.8 Å². The van der Waals surface area contributed by atoms with Crippen molar-refractivity contribution in [3.63, 3.8) is 0 Å². The van der Waals surface area contributed by atoms with Gasteiger partial charge < -0.3 is 9.47 Å². The molecule has 0 saturated carbocycles. The number of esters is 1. The predicted molar refractivity (Wildman–Crippen MR) is 54.2 cm³/mol. The number of cyclic esters (lactones) is 1. The van der Waals surface area contributed by atoms with Crippen molar-refractivity contribution in [3.8, 4) is 5.75 Å². The van der Waals surface area contributed by atoms with Gasteiger partial charge in [0.15, 0.2) is 0 Å². The number of hydrogen-bond donors (Lipinski definition) is 0. The molecule has 0 N–H and O–H groups in total. The van der Waals surface area contributed by atoms with Gasteiger partial charge in [0.05, 0.1) is 11.0 Å². The molecule has 2 aliphatic heterocycles. The molecule has 0 aliphatic carbocycles. The minimum absolute atomic E-state index is 0.124. The van der Waals surface area contributed by atoms with E-state index in [4.69, 9.17) is 9.47 Å². The van der Waals surface area contributed by atoms with Crippen LogP contribution in [0.5, 0.6) is 5.75 Å². The summed E-state index contributed by atoms with van der Waals surface area (Å²) in [7, 11) is 0. The molecule has 3 rings (SSSR count). The van der Waals surface area contributed by atoms with Gasteiger partial charge in [-0.25, -0.2) is 4.79 Å². The van der Waals surface area contributed by atoms with Crippen LogP contribution in [-0.2, 0) is 10.2 Å². The van der Waals surface area contributed by atoms with Crippen LogP contribution in [0.2, 0.25) is 0 Å². The van der Waals surface area contributed by atoms with Crippen LogP contribution in [-0.4, -0.2) is 18.7 Å². The summed E-state index contributed by atoms with van der Waals surface area (Å²) in [5.41, 5.74) is 1.50. The van der Waals surface area contributed by atoms with E-state index in [-0.39, 0.29) is 17.5 Å². The second-order valence-electron chi connectivity index (χ2n) is 4.43. The summed E-state index contributed by atoms with van der Waals surface area (Å²) in [4.78, 5) is 11.7. The highest BCUT2D eigenvalue weighted by Gasteiger charge is 2.49. The number of benzene rings is 1. The van der Waals surface area contributed by atoms with Crippen molar-refractivity contribution in [2.75, 3.05) is 6.61 Å². The van der Waals surface area contributed by atoms with Gasteiger partial charge >= 0.3 is 5.97 Å². The first-order chi connectivity index (χ1) is 7.13. The van der Waals surface area contributed by atoms with Gasteiger partial charge in [-0.3, -0.25) is 0 Å². The van der Waals surface area contributed by atoms with E-state index in [0.717, 1.165) is 11.3 Å². The lowest BCUT2D eigenvalue weighted by atomic mass is 9.76. The zero-order valence-electron chi connectivity index (χ0n) is 8.74. The molecule has 2 heterocycles. The van der Waals surface area contributed by atoms with Crippen LogP contribution in [0.25, 0.3) is 0 Å². The van der Waals surface area contributed by atoms with Crippen LogP contribution in [0, 0.1) is 0 Å². The lowest BCUT2D eigenvalue weighted by molar-refractivity contribution is 0.00397. The molecule has 15 heavy (non-hydrogen) atoms. The van der Waals surface area contributed by atoms with Crippen molar-refractivity contribution in [3.05, 3.63) is 29.3 Å². The largest absolute Gasteiger partial charge is 0.492 e. The molecular weight excluding hydrogens is 192 g/mol. The molecule has 78 valence electrons. The fourth-order valence-electron chi connectivity index (χ4n) is 2.39. The lowest BCUT2D eigenvalue weighted by Crippen LogP contribution is -2.44. The van der Waals surface area contributed by atoms with Crippen molar-refractivity contribution < 1.29 is 14.3 Å². The second kappa shape index (κ2) is 2.54. The number of ether oxygens (including phenoxy) is 2. The zero-order valence-corrected chi connectivity index (χ0v) is 8.74. The third kappa shape index (κ3) is 0.928. The van der Waals surface area contributed by atoms with Gasteiger partial charge in [-0.2, -0.15) is 0 Å². The SMILES string of the molecule is C[C@@H]1OC(=O)c2cccc3c2[C@@]1(C)CO3. The summed E-state index contributed by atoms with van der Waals surface area (Å²) in [6.45, 7) is 4.60. The Hall–Kier alpha value is -1.51. The van der Waals surface area contributed by atoms with E-state index < -0.39 is 0 Å². The minimum Gasteiger partial charge on any atom is -0.492 e. The number of carbonyl (C=O) groups excluding carboxylic acids is 1. The molecule has 1 aromatic rings. The topological polar surface area (TPSA) is 35.5 Å². The Morgan fingerprint density at radius 3 is 3.07 bits per heavy atom. The Morgan fingerprint density at radius 2 is 2.27 bits per heavy atom. The van der Waals surface area contributed by atoms with Crippen molar-refractivity contribution in [2.45, 2.75) is 25.4 Å².